The van der Waals surface area contributed by atoms with E-state index in [-0.39, 0.29) is 0 Å². The SMILES string of the molecule is Nc1cc(OC(F)F)ccc1C(F)(F)F. The Morgan fingerprint density at radius 2 is 1.80 bits per heavy atom. The summed E-state index contributed by atoms with van der Waals surface area (Å²) in [6.45, 7) is -3.10. The van der Waals surface area contributed by atoms with Gasteiger partial charge in [0, 0.05) is 11.8 Å². The normalized spacial score (nSPS) is 11.9. The van der Waals surface area contributed by atoms with Crippen LogP contribution in [0.4, 0.5) is 27.6 Å². The lowest BCUT2D eigenvalue weighted by molar-refractivity contribution is -0.136. The molecule has 0 saturated heterocycles. The van der Waals surface area contributed by atoms with Gasteiger partial charge in [-0.05, 0) is 12.1 Å². The van der Waals surface area contributed by atoms with Crippen LogP contribution in [0, 0.1) is 0 Å². The van der Waals surface area contributed by atoms with Crippen LogP contribution < -0.4 is 10.5 Å². The Bertz CT molecular complexity index is 349. The maximum absolute atomic E-state index is 12.2. The van der Waals surface area contributed by atoms with Crippen molar-refractivity contribution in [1.82, 2.24) is 0 Å². The number of alkyl halides is 5. The number of halogens is 5. The highest BCUT2D eigenvalue weighted by Crippen LogP contribution is 2.35. The number of nitrogens with two attached hydrogens (primary N) is 1. The van der Waals surface area contributed by atoms with E-state index in [0.29, 0.717) is 12.1 Å². The van der Waals surface area contributed by atoms with Crippen molar-refractivity contribution in [2.75, 3.05) is 5.73 Å². The molecule has 1 aromatic rings. The first-order valence-electron chi connectivity index (χ1n) is 3.72. The molecular formula is C8H6F5NO. The molecule has 0 unspecified atom stereocenters. The van der Waals surface area contributed by atoms with Crippen LogP contribution in [-0.4, -0.2) is 6.61 Å². The smallest absolute Gasteiger partial charge is 0.418 e. The minimum absolute atomic E-state index is 0.407. The van der Waals surface area contributed by atoms with Crippen LogP contribution in [0.1, 0.15) is 5.56 Å². The monoisotopic (exact) mass is 227 g/mol. The van der Waals surface area contributed by atoms with E-state index in [2.05, 4.69) is 4.74 Å². The molecule has 0 heterocycles. The number of hydrogen-bond donors (Lipinski definition) is 1. The first-order valence-corrected chi connectivity index (χ1v) is 3.72. The molecule has 0 fully saturated rings. The van der Waals surface area contributed by atoms with Gasteiger partial charge in [0.25, 0.3) is 0 Å². The van der Waals surface area contributed by atoms with Crippen LogP contribution in [0.5, 0.6) is 5.75 Å². The predicted molar refractivity (Wildman–Crippen MR) is 42.5 cm³/mol. The van der Waals surface area contributed by atoms with E-state index < -0.39 is 29.8 Å². The highest BCUT2D eigenvalue weighted by molar-refractivity contribution is 5.52. The fraction of sp³-hybridized carbons (Fsp3) is 0.250. The van der Waals surface area contributed by atoms with Crippen molar-refractivity contribution in [2.24, 2.45) is 0 Å². The molecule has 0 aliphatic rings. The Hall–Kier alpha value is -1.53. The van der Waals surface area contributed by atoms with Crippen LogP contribution in [0.15, 0.2) is 18.2 Å². The van der Waals surface area contributed by atoms with E-state index in [1.807, 2.05) is 0 Å². The number of anilines is 1. The summed E-state index contributed by atoms with van der Waals surface area (Å²) in [5.41, 5.74) is 3.31. The molecule has 0 atom stereocenters. The summed E-state index contributed by atoms with van der Waals surface area (Å²) >= 11 is 0. The molecule has 1 aromatic carbocycles. The highest BCUT2D eigenvalue weighted by Gasteiger charge is 2.32. The summed E-state index contributed by atoms with van der Waals surface area (Å²) in [5, 5.41) is 0. The van der Waals surface area contributed by atoms with Crippen molar-refractivity contribution in [2.45, 2.75) is 12.8 Å². The van der Waals surface area contributed by atoms with Crippen molar-refractivity contribution in [3.05, 3.63) is 23.8 Å². The maximum atomic E-state index is 12.2. The topological polar surface area (TPSA) is 35.2 Å². The molecule has 15 heavy (non-hydrogen) atoms. The van der Waals surface area contributed by atoms with Gasteiger partial charge in [0.15, 0.2) is 0 Å². The van der Waals surface area contributed by atoms with Gasteiger partial charge in [-0.2, -0.15) is 22.0 Å². The van der Waals surface area contributed by atoms with Gasteiger partial charge in [0.05, 0.1) is 5.56 Å². The van der Waals surface area contributed by atoms with Gasteiger partial charge in [-0.1, -0.05) is 0 Å². The molecule has 0 aliphatic heterocycles. The van der Waals surface area contributed by atoms with Crippen molar-refractivity contribution in [3.63, 3.8) is 0 Å². The number of ether oxygens (including phenoxy) is 1. The minimum atomic E-state index is -4.60. The van der Waals surface area contributed by atoms with Gasteiger partial charge in [-0.15, -0.1) is 0 Å². The zero-order chi connectivity index (χ0) is 11.6. The van der Waals surface area contributed by atoms with Gasteiger partial charge in [-0.25, -0.2) is 0 Å². The van der Waals surface area contributed by atoms with E-state index in [9.17, 15) is 22.0 Å². The molecule has 2 N–H and O–H groups in total. The third-order valence-corrected chi connectivity index (χ3v) is 1.55. The Labute approximate surface area is 81.4 Å². The minimum Gasteiger partial charge on any atom is -0.435 e. The van der Waals surface area contributed by atoms with Crippen molar-refractivity contribution < 1.29 is 26.7 Å². The van der Waals surface area contributed by atoms with Gasteiger partial charge in [0.1, 0.15) is 5.75 Å². The summed E-state index contributed by atoms with van der Waals surface area (Å²) in [5.74, 6) is -0.407. The van der Waals surface area contributed by atoms with Crippen LogP contribution in [0.2, 0.25) is 0 Å². The zero-order valence-corrected chi connectivity index (χ0v) is 7.18. The lowest BCUT2D eigenvalue weighted by Crippen LogP contribution is -2.09. The summed E-state index contributed by atoms with van der Waals surface area (Å²) < 4.78 is 63.8. The Morgan fingerprint density at radius 3 is 2.20 bits per heavy atom. The summed E-state index contributed by atoms with van der Waals surface area (Å²) in [4.78, 5) is 0. The zero-order valence-electron chi connectivity index (χ0n) is 7.18. The fourth-order valence-electron chi connectivity index (χ4n) is 0.975. The molecule has 0 aromatic heterocycles. The Kier molecular flexibility index (Phi) is 3.01. The molecule has 0 saturated carbocycles. The molecule has 0 spiro atoms. The summed E-state index contributed by atoms with van der Waals surface area (Å²) in [6, 6.07) is 2.08. The van der Waals surface area contributed by atoms with E-state index in [0.717, 1.165) is 6.07 Å². The lowest BCUT2D eigenvalue weighted by Gasteiger charge is -2.11. The van der Waals surface area contributed by atoms with E-state index >= 15 is 0 Å². The van der Waals surface area contributed by atoms with Crippen molar-refractivity contribution in [1.29, 1.82) is 0 Å². The quantitative estimate of drug-likeness (QED) is 0.622. The third kappa shape index (κ3) is 2.97. The number of hydrogen-bond acceptors (Lipinski definition) is 2. The molecule has 1 rings (SSSR count). The van der Waals surface area contributed by atoms with Gasteiger partial charge in [0.2, 0.25) is 0 Å². The van der Waals surface area contributed by atoms with Gasteiger partial charge >= 0.3 is 12.8 Å². The van der Waals surface area contributed by atoms with Crippen LogP contribution >= 0.6 is 0 Å². The van der Waals surface area contributed by atoms with E-state index in [1.165, 1.54) is 0 Å². The van der Waals surface area contributed by atoms with Crippen molar-refractivity contribution >= 4 is 5.69 Å². The molecule has 0 bridgehead atoms. The first kappa shape index (κ1) is 11.5. The molecule has 0 aliphatic carbocycles. The number of rotatable bonds is 2. The van der Waals surface area contributed by atoms with Gasteiger partial charge < -0.3 is 10.5 Å². The third-order valence-electron chi connectivity index (χ3n) is 1.55. The molecule has 0 radical (unpaired) electrons. The van der Waals surface area contributed by atoms with Crippen LogP contribution in [-0.2, 0) is 6.18 Å². The van der Waals surface area contributed by atoms with Gasteiger partial charge in [-0.3, -0.25) is 0 Å². The first-order chi connectivity index (χ1) is 6.80. The lowest BCUT2D eigenvalue weighted by atomic mass is 10.1. The van der Waals surface area contributed by atoms with Crippen LogP contribution in [0.25, 0.3) is 0 Å². The molecule has 7 heteroatoms. The standard InChI is InChI=1S/C8H6F5NO/c9-7(10)15-4-1-2-5(6(14)3-4)8(11,12)13/h1-3,7H,14H2. The maximum Gasteiger partial charge on any atom is 0.418 e. The predicted octanol–water partition coefficient (Wildman–Crippen LogP) is 2.89. The second kappa shape index (κ2) is 3.92. The van der Waals surface area contributed by atoms with E-state index in [4.69, 9.17) is 5.73 Å². The Morgan fingerprint density at radius 1 is 1.20 bits per heavy atom. The van der Waals surface area contributed by atoms with Crippen LogP contribution in [0.3, 0.4) is 0 Å². The summed E-state index contributed by atoms with van der Waals surface area (Å²) in [6.07, 6.45) is -4.60. The average molecular weight is 227 g/mol. The largest absolute Gasteiger partial charge is 0.435 e. The Balaban J connectivity index is 2.99. The number of nitrogen functional groups attached to an aromatic ring is 1. The molecular weight excluding hydrogens is 221 g/mol. The average Bonchev–Trinajstić information content (AvgIpc) is 1.99. The summed E-state index contributed by atoms with van der Waals surface area (Å²) in [7, 11) is 0. The second-order valence-electron chi connectivity index (χ2n) is 2.63. The van der Waals surface area contributed by atoms with E-state index in [1.54, 1.807) is 0 Å². The number of benzene rings is 1. The van der Waals surface area contributed by atoms with Crippen molar-refractivity contribution in [3.8, 4) is 5.75 Å². The molecule has 84 valence electrons. The molecule has 2 nitrogen and oxygen atoms in total. The highest BCUT2D eigenvalue weighted by atomic mass is 19.4. The molecule has 0 amide bonds. The fourth-order valence-corrected chi connectivity index (χ4v) is 0.975. The second-order valence-corrected chi connectivity index (χ2v) is 2.63.